The number of halogens is 1. The fraction of sp³-hybridized carbons (Fsp3) is 0.500. The molecule has 1 atom stereocenters. The van der Waals surface area contributed by atoms with Gasteiger partial charge in [0.25, 0.3) is 0 Å². The average Bonchev–Trinajstić information content (AvgIpc) is 2.24. The van der Waals surface area contributed by atoms with Crippen LogP contribution in [-0.4, -0.2) is 0 Å². The van der Waals surface area contributed by atoms with E-state index >= 15 is 0 Å². The Morgan fingerprint density at radius 2 is 2.08 bits per heavy atom. The summed E-state index contributed by atoms with van der Waals surface area (Å²) in [6, 6.07) is 5.43. The molecule has 70 valence electrons. The minimum Gasteiger partial charge on any atom is -0.207 e. The molecule has 0 unspecified atom stereocenters. The molecule has 0 aliphatic heterocycles. The highest BCUT2D eigenvalue weighted by Gasteiger charge is 2.36. The van der Waals surface area contributed by atoms with Crippen molar-refractivity contribution in [1.29, 1.82) is 0 Å². The highest BCUT2D eigenvalue weighted by Crippen LogP contribution is 2.46. The van der Waals surface area contributed by atoms with Crippen molar-refractivity contribution in [2.24, 2.45) is 0 Å². The maximum absolute atomic E-state index is 13.6. The van der Waals surface area contributed by atoms with Gasteiger partial charge in [-0.15, -0.1) is 0 Å². The lowest BCUT2D eigenvalue weighted by molar-refractivity contribution is 0.467. The monoisotopic (exact) mass is 178 g/mol. The highest BCUT2D eigenvalue weighted by molar-refractivity contribution is 5.41. The van der Waals surface area contributed by atoms with Crippen LogP contribution in [0.4, 0.5) is 4.39 Å². The SMILES string of the molecule is C[C@H]1CC(C)(C)c2c(F)cccc21. The Morgan fingerprint density at radius 1 is 1.38 bits per heavy atom. The predicted molar refractivity (Wildman–Crippen MR) is 52.5 cm³/mol. The maximum atomic E-state index is 13.6. The minimum atomic E-state index is -0.0353. The summed E-state index contributed by atoms with van der Waals surface area (Å²) in [6.07, 6.45) is 1.06. The fourth-order valence-electron chi connectivity index (χ4n) is 2.64. The van der Waals surface area contributed by atoms with Gasteiger partial charge < -0.3 is 0 Å². The van der Waals surface area contributed by atoms with Crippen LogP contribution in [-0.2, 0) is 5.41 Å². The van der Waals surface area contributed by atoms with Crippen molar-refractivity contribution >= 4 is 0 Å². The van der Waals surface area contributed by atoms with Crippen molar-refractivity contribution in [1.82, 2.24) is 0 Å². The number of fused-ring (bicyclic) bond motifs is 1. The zero-order valence-corrected chi connectivity index (χ0v) is 8.39. The molecule has 1 aliphatic carbocycles. The molecule has 0 heterocycles. The normalized spacial score (nSPS) is 24.5. The van der Waals surface area contributed by atoms with Crippen molar-refractivity contribution in [2.45, 2.75) is 38.5 Å². The summed E-state index contributed by atoms with van der Waals surface area (Å²) in [5.74, 6) is 0.465. The molecular formula is C12H15F. The van der Waals surface area contributed by atoms with Crippen LogP contribution in [0.2, 0.25) is 0 Å². The van der Waals surface area contributed by atoms with Gasteiger partial charge in [0.15, 0.2) is 0 Å². The number of rotatable bonds is 0. The average molecular weight is 178 g/mol. The van der Waals surface area contributed by atoms with Crippen LogP contribution >= 0.6 is 0 Å². The smallest absolute Gasteiger partial charge is 0.127 e. The molecule has 13 heavy (non-hydrogen) atoms. The van der Waals surface area contributed by atoms with Crippen LogP contribution in [0, 0.1) is 5.82 Å². The molecule has 0 spiro atoms. The van der Waals surface area contributed by atoms with Gasteiger partial charge in [-0.3, -0.25) is 0 Å². The highest BCUT2D eigenvalue weighted by atomic mass is 19.1. The topological polar surface area (TPSA) is 0 Å². The molecule has 0 radical (unpaired) electrons. The number of benzene rings is 1. The van der Waals surface area contributed by atoms with Gasteiger partial charge in [0.05, 0.1) is 0 Å². The zero-order chi connectivity index (χ0) is 9.64. The Kier molecular flexibility index (Phi) is 1.73. The molecule has 0 bridgehead atoms. The number of hydrogen-bond acceptors (Lipinski definition) is 0. The molecule has 2 rings (SSSR count). The van der Waals surface area contributed by atoms with Gasteiger partial charge >= 0.3 is 0 Å². The maximum Gasteiger partial charge on any atom is 0.127 e. The van der Waals surface area contributed by atoms with E-state index in [1.165, 1.54) is 5.56 Å². The van der Waals surface area contributed by atoms with Crippen LogP contribution in [0.3, 0.4) is 0 Å². The van der Waals surface area contributed by atoms with Gasteiger partial charge in [0.1, 0.15) is 5.82 Å². The summed E-state index contributed by atoms with van der Waals surface area (Å²) < 4.78 is 13.6. The standard InChI is InChI=1S/C12H15F/c1-8-7-12(2,3)11-9(8)5-4-6-10(11)13/h4-6,8H,7H2,1-3H3/t8-/m0/s1. The second-order valence-electron chi connectivity index (χ2n) is 4.69. The van der Waals surface area contributed by atoms with Crippen LogP contribution in [0.25, 0.3) is 0 Å². The van der Waals surface area contributed by atoms with Crippen molar-refractivity contribution in [3.8, 4) is 0 Å². The number of hydrogen-bond donors (Lipinski definition) is 0. The van der Waals surface area contributed by atoms with Crippen molar-refractivity contribution in [3.63, 3.8) is 0 Å². The Hall–Kier alpha value is -0.850. The van der Waals surface area contributed by atoms with Crippen LogP contribution in [0.1, 0.15) is 44.2 Å². The summed E-state index contributed by atoms with van der Waals surface area (Å²) in [7, 11) is 0. The molecule has 0 N–H and O–H groups in total. The molecule has 0 fully saturated rings. The van der Waals surface area contributed by atoms with Crippen LogP contribution in [0.5, 0.6) is 0 Å². The minimum absolute atomic E-state index is 0.0140. The molecule has 0 nitrogen and oxygen atoms in total. The van der Waals surface area contributed by atoms with Crippen molar-refractivity contribution in [2.75, 3.05) is 0 Å². The van der Waals surface area contributed by atoms with E-state index in [1.54, 1.807) is 6.07 Å². The molecule has 1 aliphatic rings. The quantitative estimate of drug-likeness (QED) is 0.569. The largest absolute Gasteiger partial charge is 0.207 e. The first kappa shape index (κ1) is 8.74. The molecule has 1 heteroatoms. The third-order valence-electron chi connectivity index (χ3n) is 3.07. The Labute approximate surface area is 78.8 Å². The van der Waals surface area contributed by atoms with Crippen molar-refractivity contribution < 1.29 is 4.39 Å². The summed E-state index contributed by atoms with van der Waals surface area (Å²) in [4.78, 5) is 0. The van der Waals surface area contributed by atoms with Gasteiger partial charge in [0, 0.05) is 0 Å². The van der Waals surface area contributed by atoms with Gasteiger partial charge in [0.2, 0.25) is 0 Å². The summed E-state index contributed by atoms with van der Waals surface area (Å²) in [6.45, 7) is 6.42. The Morgan fingerprint density at radius 3 is 2.69 bits per heavy atom. The molecular weight excluding hydrogens is 163 g/mol. The predicted octanol–water partition coefficient (Wildman–Crippen LogP) is 3.61. The lowest BCUT2D eigenvalue weighted by Crippen LogP contribution is -2.13. The third kappa shape index (κ3) is 1.18. The van der Waals surface area contributed by atoms with Crippen LogP contribution < -0.4 is 0 Å². The fourth-order valence-corrected chi connectivity index (χ4v) is 2.64. The first-order valence-corrected chi connectivity index (χ1v) is 4.81. The first-order valence-electron chi connectivity index (χ1n) is 4.81. The lowest BCUT2D eigenvalue weighted by Gasteiger charge is -2.19. The van der Waals surface area contributed by atoms with E-state index in [2.05, 4.69) is 26.8 Å². The third-order valence-corrected chi connectivity index (χ3v) is 3.07. The Balaban J connectivity index is 2.66. The molecule has 0 saturated carbocycles. The van der Waals surface area contributed by atoms with E-state index in [4.69, 9.17) is 0 Å². The van der Waals surface area contributed by atoms with E-state index in [-0.39, 0.29) is 11.2 Å². The molecule has 0 amide bonds. The van der Waals surface area contributed by atoms with E-state index in [1.807, 2.05) is 6.07 Å². The summed E-state index contributed by atoms with van der Waals surface area (Å²) in [5.41, 5.74) is 2.15. The zero-order valence-electron chi connectivity index (χ0n) is 8.39. The summed E-state index contributed by atoms with van der Waals surface area (Å²) in [5, 5.41) is 0. The first-order chi connectivity index (χ1) is 6.02. The Bertz CT molecular complexity index is 339. The van der Waals surface area contributed by atoms with Crippen molar-refractivity contribution in [3.05, 3.63) is 35.1 Å². The van der Waals surface area contributed by atoms with Crippen LogP contribution in [0.15, 0.2) is 18.2 Å². The van der Waals surface area contributed by atoms with E-state index in [9.17, 15) is 4.39 Å². The molecule has 1 aromatic rings. The van der Waals surface area contributed by atoms with Gasteiger partial charge in [-0.2, -0.15) is 0 Å². The molecule has 1 aromatic carbocycles. The second-order valence-corrected chi connectivity index (χ2v) is 4.69. The summed E-state index contributed by atoms with van der Waals surface area (Å²) >= 11 is 0. The van der Waals surface area contributed by atoms with Gasteiger partial charge in [-0.05, 0) is 34.9 Å². The van der Waals surface area contributed by atoms with E-state index in [0.717, 1.165) is 12.0 Å². The van der Waals surface area contributed by atoms with E-state index in [0.29, 0.717) is 5.92 Å². The van der Waals surface area contributed by atoms with E-state index < -0.39 is 0 Å². The van der Waals surface area contributed by atoms with Gasteiger partial charge in [-0.25, -0.2) is 4.39 Å². The second kappa shape index (κ2) is 2.57. The molecule has 0 aromatic heterocycles. The van der Waals surface area contributed by atoms with Gasteiger partial charge in [-0.1, -0.05) is 32.9 Å². The molecule has 0 saturated heterocycles. The lowest BCUT2D eigenvalue weighted by atomic mass is 9.86.